The average Bonchev–Trinajstić information content (AvgIpc) is 2.71. The quantitative estimate of drug-likeness (QED) is 0.558. The molecule has 0 aromatic heterocycles. The number of unbranched alkanes of at least 4 members (excludes halogenated alkanes) is 3. The Morgan fingerprint density at radius 1 is 0.759 bits per heavy atom. The number of carboxylic acid groups (broad SMARTS) is 1. The van der Waals surface area contributed by atoms with Crippen LogP contribution >= 0.6 is 0 Å². The van der Waals surface area contributed by atoms with E-state index in [0.29, 0.717) is 19.8 Å². The Morgan fingerprint density at radius 2 is 1.17 bits per heavy atom. The molecule has 0 saturated carbocycles. The van der Waals surface area contributed by atoms with Crippen molar-refractivity contribution in [1.82, 2.24) is 0 Å². The molecule has 0 aliphatic rings. The molecule has 6 heteroatoms. The van der Waals surface area contributed by atoms with Gasteiger partial charge in [-0.1, -0.05) is 82.5 Å². The third-order valence-corrected chi connectivity index (χ3v) is 3.54. The van der Waals surface area contributed by atoms with Gasteiger partial charge in [0.05, 0.1) is 5.97 Å². The molecule has 2 rings (SSSR count). The molecular weight excluding hydrogens is 447 g/mol. The molecule has 0 spiro atoms. The van der Waals surface area contributed by atoms with E-state index in [9.17, 15) is 9.90 Å². The van der Waals surface area contributed by atoms with E-state index in [1.54, 1.807) is 18.2 Å². The summed E-state index contributed by atoms with van der Waals surface area (Å²) in [6.07, 6.45) is 6.11. The maximum atomic E-state index is 10.7. The fourth-order valence-corrected chi connectivity index (χ4v) is 1.88. The molecule has 0 fully saturated rings. The smallest absolute Gasteiger partial charge is 0.0721 e. The second-order valence-electron chi connectivity index (χ2n) is 6.05. The van der Waals surface area contributed by atoms with Crippen LogP contribution in [0.4, 0.5) is 0 Å². The van der Waals surface area contributed by atoms with E-state index in [1.165, 1.54) is 0 Å². The molecule has 3 N–H and O–H groups in total. The number of carbonyl (C=O) groups is 1. The minimum absolute atomic E-state index is 0. The monoisotopic (exact) mass is 483 g/mol. The zero-order valence-electron chi connectivity index (χ0n) is 18.1. The van der Waals surface area contributed by atoms with E-state index in [4.69, 9.17) is 15.3 Å². The van der Waals surface area contributed by atoms with Gasteiger partial charge in [-0.05, 0) is 30.0 Å². The van der Waals surface area contributed by atoms with Crippen LogP contribution in [0.1, 0.15) is 69.7 Å². The molecule has 0 unspecified atom stereocenters. The molecule has 0 aliphatic carbocycles. The molecule has 5 nitrogen and oxygen atoms in total. The van der Waals surface area contributed by atoms with Gasteiger partial charge >= 0.3 is 0 Å². The van der Waals surface area contributed by atoms with Crippen molar-refractivity contribution >= 4 is 16.7 Å². The fourth-order valence-electron chi connectivity index (χ4n) is 1.88. The SMILES string of the molecule is CCCCO.CCCCO.CCCCO.O=C([O-])c1cccc2ccccc12.[Zr]. The van der Waals surface area contributed by atoms with Crippen LogP contribution in [0, 0.1) is 0 Å². The first-order valence-electron chi connectivity index (χ1n) is 10.0. The summed E-state index contributed by atoms with van der Waals surface area (Å²) in [5.74, 6) is -1.13. The molecule has 0 atom stereocenters. The van der Waals surface area contributed by atoms with E-state index in [0.717, 1.165) is 49.3 Å². The van der Waals surface area contributed by atoms with Crippen molar-refractivity contribution in [3.05, 3.63) is 48.0 Å². The third kappa shape index (κ3) is 18.7. The Bertz CT molecular complexity index is 579. The van der Waals surface area contributed by atoms with Gasteiger partial charge in [0.1, 0.15) is 0 Å². The van der Waals surface area contributed by atoms with Gasteiger partial charge in [-0.3, -0.25) is 0 Å². The number of hydrogen-bond donors (Lipinski definition) is 3. The summed E-state index contributed by atoms with van der Waals surface area (Å²) < 4.78 is 0. The summed E-state index contributed by atoms with van der Waals surface area (Å²) >= 11 is 0. The number of fused-ring (bicyclic) bond motifs is 1. The molecular formula is C23H37O5Zr-. The maximum Gasteiger partial charge on any atom is 0.0721 e. The molecule has 2 aromatic rings. The number of rotatable bonds is 7. The molecule has 164 valence electrons. The Morgan fingerprint density at radius 3 is 1.52 bits per heavy atom. The van der Waals surface area contributed by atoms with E-state index >= 15 is 0 Å². The van der Waals surface area contributed by atoms with Crippen LogP contribution in [0.25, 0.3) is 10.8 Å². The first-order chi connectivity index (χ1) is 13.5. The van der Waals surface area contributed by atoms with Gasteiger partial charge in [0.25, 0.3) is 0 Å². The zero-order chi connectivity index (χ0) is 21.6. The number of carbonyl (C=O) groups excluding carboxylic acids is 1. The largest absolute Gasteiger partial charge is 0.545 e. The summed E-state index contributed by atoms with van der Waals surface area (Å²) in [6, 6.07) is 12.5. The Hall–Kier alpha value is -1.07. The maximum absolute atomic E-state index is 10.7. The van der Waals surface area contributed by atoms with Gasteiger partial charge in [-0.15, -0.1) is 0 Å². The molecule has 0 aliphatic heterocycles. The Kier molecular flexibility index (Phi) is 28.1. The van der Waals surface area contributed by atoms with Crippen LogP contribution < -0.4 is 5.11 Å². The minimum atomic E-state index is -1.13. The summed E-state index contributed by atoms with van der Waals surface area (Å²) in [5, 5.41) is 36.5. The standard InChI is InChI=1S/C11H8O2.3C4H10O.Zr/c12-11(13)10-7-3-5-8-4-1-2-6-9(8)10;3*1-2-3-4-5;/h1-7H,(H,12,13);3*5H,2-4H2,1H3;/p-1. The zero-order valence-corrected chi connectivity index (χ0v) is 20.5. The Balaban J connectivity index is -0.000000357. The van der Waals surface area contributed by atoms with E-state index in [1.807, 2.05) is 24.3 Å². The van der Waals surface area contributed by atoms with Gasteiger partial charge < -0.3 is 25.2 Å². The number of carboxylic acids is 1. The summed E-state index contributed by atoms with van der Waals surface area (Å²) in [5.41, 5.74) is 0.248. The van der Waals surface area contributed by atoms with Crippen LogP contribution in [0.3, 0.4) is 0 Å². The van der Waals surface area contributed by atoms with Gasteiger partial charge in [0.2, 0.25) is 0 Å². The number of aromatic carboxylic acids is 1. The Labute approximate surface area is 194 Å². The first kappa shape index (κ1) is 32.6. The fraction of sp³-hybridized carbons (Fsp3) is 0.522. The van der Waals surface area contributed by atoms with E-state index < -0.39 is 5.97 Å². The predicted molar refractivity (Wildman–Crippen MR) is 114 cm³/mol. The van der Waals surface area contributed by atoms with Crippen molar-refractivity contribution < 1.29 is 51.4 Å². The van der Waals surface area contributed by atoms with Crippen molar-refractivity contribution in [2.24, 2.45) is 0 Å². The van der Waals surface area contributed by atoms with Gasteiger partial charge in [0, 0.05) is 51.6 Å². The molecule has 29 heavy (non-hydrogen) atoms. The molecule has 0 heterocycles. The van der Waals surface area contributed by atoms with Gasteiger partial charge in [0.15, 0.2) is 0 Å². The normalized spacial score (nSPS) is 8.90. The van der Waals surface area contributed by atoms with Crippen LogP contribution in [-0.4, -0.2) is 41.1 Å². The first-order valence-corrected chi connectivity index (χ1v) is 10.0. The van der Waals surface area contributed by atoms with Crippen LogP contribution in [-0.2, 0) is 26.2 Å². The molecule has 2 aromatic carbocycles. The van der Waals surface area contributed by atoms with Crippen molar-refractivity contribution in [2.75, 3.05) is 19.8 Å². The number of aliphatic hydroxyl groups is 3. The van der Waals surface area contributed by atoms with Crippen LogP contribution in [0.5, 0.6) is 0 Å². The molecule has 0 amide bonds. The van der Waals surface area contributed by atoms with E-state index in [-0.39, 0.29) is 31.8 Å². The van der Waals surface area contributed by atoms with Crippen molar-refractivity contribution in [3.63, 3.8) is 0 Å². The summed E-state index contributed by atoms with van der Waals surface area (Å²) in [4.78, 5) is 10.7. The van der Waals surface area contributed by atoms with Crippen LogP contribution in [0.2, 0.25) is 0 Å². The van der Waals surface area contributed by atoms with Crippen LogP contribution in [0.15, 0.2) is 42.5 Å². The second-order valence-corrected chi connectivity index (χ2v) is 6.05. The number of benzene rings is 2. The third-order valence-electron chi connectivity index (χ3n) is 3.54. The minimum Gasteiger partial charge on any atom is -0.545 e. The van der Waals surface area contributed by atoms with Crippen molar-refractivity contribution in [1.29, 1.82) is 0 Å². The number of hydrogen-bond acceptors (Lipinski definition) is 5. The topological polar surface area (TPSA) is 101 Å². The van der Waals surface area contributed by atoms with Gasteiger partial charge in [-0.2, -0.15) is 0 Å². The van der Waals surface area contributed by atoms with Crippen molar-refractivity contribution in [3.8, 4) is 0 Å². The van der Waals surface area contributed by atoms with Crippen molar-refractivity contribution in [2.45, 2.75) is 59.3 Å². The van der Waals surface area contributed by atoms with E-state index in [2.05, 4.69) is 20.8 Å². The predicted octanol–water partition coefficient (Wildman–Crippen LogP) is 3.54. The van der Waals surface area contributed by atoms with Gasteiger partial charge in [-0.25, -0.2) is 0 Å². The molecule has 0 radical (unpaired) electrons. The number of aliphatic hydroxyl groups excluding tert-OH is 3. The molecule has 0 saturated heterocycles. The average molecular weight is 485 g/mol. The summed E-state index contributed by atoms with van der Waals surface area (Å²) in [7, 11) is 0. The second kappa shape index (κ2) is 25.0. The summed E-state index contributed by atoms with van der Waals surface area (Å²) in [6.45, 7) is 7.19. The molecule has 0 bridgehead atoms.